The number of carbonyl (C=O) groups is 1. The molecule has 0 N–H and O–H groups in total. The largest absolute Gasteiger partial charge is 0.296 e. The Hall–Kier alpha value is -1.24. The van der Waals surface area contributed by atoms with Gasteiger partial charge in [0.15, 0.2) is 6.29 Å². The lowest BCUT2D eigenvalue weighted by molar-refractivity contribution is 0.111. The molecular formula is C10H6FIN2O. The molecule has 0 saturated carbocycles. The van der Waals surface area contributed by atoms with Gasteiger partial charge in [0.25, 0.3) is 0 Å². The van der Waals surface area contributed by atoms with Gasteiger partial charge in [0.1, 0.15) is 11.5 Å². The molecule has 0 saturated heterocycles. The van der Waals surface area contributed by atoms with E-state index in [1.165, 1.54) is 24.7 Å². The van der Waals surface area contributed by atoms with E-state index in [2.05, 4.69) is 4.98 Å². The number of carbonyl (C=O) groups excluding carboxylic acids is 1. The van der Waals surface area contributed by atoms with E-state index >= 15 is 0 Å². The second kappa shape index (κ2) is 4.09. The molecule has 0 atom stereocenters. The van der Waals surface area contributed by atoms with Crippen LogP contribution in [0.25, 0.3) is 5.69 Å². The van der Waals surface area contributed by atoms with Crippen molar-refractivity contribution in [1.82, 2.24) is 9.55 Å². The number of nitrogens with zero attached hydrogens (tertiary/aromatic N) is 2. The van der Waals surface area contributed by atoms with E-state index in [-0.39, 0.29) is 5.82 Å². The van der Waals surface area contributed by atoms with Gasteiger partial charge < -0.3 is 0 Å². The van der Waals surface area contributed by atoms with E-state index < -0.39 is 0 Å². The molecule has 5 heteroatoms. The molecule has 76 valence electrons. The molecule has 0 fully saturated rings. The average Bonchev–Trinajstić information content (AvgIpc) is 2.65. The average molecular weight is 316 g/mol. The Labute approximate surface area is 99.1 Å². The summed E-state index contributed by atoms with van der Waals surface area (Å²) in [5.74, 6) is -0.295. The number of halogens is 2. The van der Waals surface area contributed by atoms with Gasteiger partial charge in [0.2, 0.25) is 0 Å². The zero-order valence-corrected chi connectivity index (χ0v) is 9.68. The standard InChI is InChI=1S/C10H6FIN2O/c11-7-1-2-10(9(12)3-7)14-6-13-4-8(14)5-15/h1-6H. The molecule has 0 aliphatic carbocycles. The minimum absolute atomic E-state index is 0.295. The van der Waals surface area contributed by atoms with Crippen LogP contribution in [-0.4, -0.2) is 15.8 Å². The molecule has 2 rings (SSSR count). The highest BCUT2D eigenvalue weighted by Crippen LogP contribution is 2.19. The Morgan fingerprint density at radius 2 is 2.27 bits per heavy atom. The predicted molar refractivity (Wildman–Crippen MR) is 61.6 cm³/mol. The van der Waals surface area contributed by atoms with Crippen LogP contribution >= 0.6 is 22.6 Å². The molecule has 0 amide bonds. The van der Waals surface area contributed by atoms with Gasteiger partial charge in [-0.3, -0.25) is 9.36 Å². The van der Waals surface area contributed by atoms with E-state index in [9.17, 15) is 9.18 Å². The number of hydrogen-bond donors (Lipinski definition) is 0. The molecule has 0 aliphatic heterocycles. The van der Waals surface area contributed by atoms with Crippen LogP contribution in [0.1, 0.15) is 10.5 Å². The third kappa shape index (κ3) is 1.92. The first-order valence-corrected chi connectivity index (χ1v) is 5.23. The second-order valence-corrected chi connectivity index (χ2v) is 4.06. The van der Waals surface area contributed by atoms with E-state index in [1.54, 1.807) is 10.6 Å². The molecule has 0 unspecified atom stereocenters. The van der Waals surface area contributed by atoms with E-state index in [1.807, 2.05) is 22.6 Å². The molecule has 0 bridgehead atoms. The number of benzene rings is 1. The van der Waals surface area contributed by atoms with Crippen LogP contribution in [0.5, 0.6) is 0 Å². The van der Waals surface area contributed by atoms with Gasteiger partial charge in [-0.1, -0.05) is 0 Å². The summed E-state index contributed by atoms with van der Waals surface area (Å²) in [5, 5.41) is 0. The Morgan fingerprint density at radius 1 is 1.47 bits per heavy atom. The van der Waals surface area contributed by atoms with Crippen molar-refractivity contribution in [2.75, 3.05) is 0 Å². The van der Waals surface area contributed by atoms with Crippen molar-refractivity contribution in [3.63, 3.8) is 0 Å². The second-order valence-electron chi connectivity index (χ2n) is 2.90. The van der Waals surface area contributed by atoms with Crippen molar-refractivity contribution < 1.29 is 9.18 Å². The van der Waals surface area contributed by atoms with Gasteiger partial charge in [-0.15, -0.1) is 0 Å². The molecule has 1 aromatic heterocycles. The number of rotatable bonds is 2. The van der Waals surface area contributed by atoms with Crippen molar-refractivity contribution in [2.45, 2.75) is 0 Å². The highest BCUT2D eigenvalue weighted by molar-refractivity contribution is 14.1. The highest BCUT2D eigenvalue weighted by Gasteiger charge is 2.07. The SMILES string of the molecule is O=Cc1cncn1-c1ccc(F)cc1I. The van der Waals surface area contributed by atoms with Gasteiger partial charge in [-0.25, -0.2) is 9.37 Å². The molecule has 1 heterocycles. The lowest BCUT2D eigenvalue weighted by atomic mass is 10.3. The van der Waals surface area contributed by atoms with Gasteiger partial charge in [0.05, 0.1) is 18.2 Å². The maximum atomic E-state index is 12.9. The lowest BCUT2D eigenvalue weighted by Crippen LogP contribution is -2.00. The number of imidazole rings is 1. The molecule has 0 radical (unpaired) electrons. The Morgan fingerprint density at radius 3 is 2.93 bits per heavy atom. The minimum atomic E-state index is -0.295. The molecule has 1 aromatic carbocycles. The first-order valence-electron chi connectivity index (χ1n) is 4.15. The smallest absolute Gasteiger partial charge is 0.168 e. The zero-order chi connectivity index (χ0) is 10.8. The number of aromatic nitrogens is 2. The van der Waals surface area contributed by atoms with Crippen molar-refractivity contribution in [1.29, 1.82) is 0 Å². The van der Waals surface area contributed by atoms with Crippen molar-refractivity contribution >= 4 is 28.9 Å². The number of aldehydes is 1. The first-order chi connectivity index (χ1) is 7.22. The normalized spacial score (nSPS) is 10.3. The Bertz CT molecular complexity index is 510. The summed E-state index contributed by atoms with van der Waals surface area (Å²) in [7, 11) is 0. The molecule has 3 nitrogen and oxygen atoms in total. The molecular weight excluding hydrogens is 310 g/mol. The van der Waals surface area contributed by atoms with E-state index in [0.717, 1.165) is 9.26 Å². The fourth-order valence-corrected chi connectivity index (χ4v) is 2.01. The monoisotopic (exact) mass is 316 g/mol. The third-order valence-electron chi connectivity index (χ3n) is 1.96. The Balaban J connectivity index is 2.59. The summed E-state index contributed by atoms with van der Waals surface area (Å²) in [6.07, 6.45) is 3.71. The maximum absolute atomic E-state index is 12.9. The maximum Gasteiger partial charge on any atom is 0.168 e. The fourth-order valence-electron chi connectivity index (χ4n) is 1.27. The summed E-state index contributed by atoms with van der Waals surface area (Å²) in [5.41, 5.74) is 1.19. The van der Waals surface area contributed by atoms with Crippen LogP contribution < -0.4 is 0 Å². The van der Waals surface area contributed by atoms with Crippen LogP contribution in [0.4, 0.5) is 4.39 Å². The molecule has 2 aromatic rings. The zero-order valence-electron chi connectivity index (χ0n) is 7.52. The van der Waals surface area contributed by atoms with Crippen LogP contribution in [0.15, 0.2) is 30.7 Å². The van der Waals surface area contributed by atoms with Gasteiger partial charge in [0, 0.05) is 3.57 Å². The van der Waals surface area contributed by atoms with Gasteiger partial charge in [-0.05, 0) is 40.8 Å². The molecule has 0 aliphatic rings. The minimum Gasteiger partial charge on any atom is -0.296 e. The van der Waals surface area contributed by atoms with Crippen molar-refractivity contribution in [3.05, 3.63) is 45.8 Å². The topological polar surface area (TPSA) is 34.9 Å². The summed E-state index contributed by atoms with van der Waals surface area (Å²) in [6.45, 7) is 0. The van der Waals surface area contributed by atoms with Crippen molar-refractivity contribution in [2.24, 2.45) is 0 Å². The lowest BCUT2D eigenvalue weighted by Gasteiger charge is -2.06. The van der Waals surface area contributed by atoms with Gasteiger partial charge in [-0.2, -0.15) is 0 Å². The van der Waals surface area contributed by atoms with E-state index in [0.29, 0.717) is 12.0 Å². The van der Waals surface area contributed by atoms with Crippen molar-refractivity contribution in [3.8, 4) is 5.69 Å². The number of hydrogen-bond acceptors (Lipinski definition) is 2. The summed E-state index contributed by atoms with van der Waals surface area (Å²) in [6, 6.07) is 4.38. The summed E-state index contributed by atoms with van der Waals surface area (Å²) >= 11 is 2.02. The molecule has 0 spiro atoms. The third-order valence-corrected chi connectivity index (χ3v) is 2.82. The van der Waals surface area contributed by atoms with Crippen LogP contribution in [-0.2, 0) is 0 Å². The summed E-state index contributed by atoms with van der Waals surface area (Å²) in [4.78, 5) is 14.6. The predicted octanol–water partition coefficient (Wildman–Crippen LogP) is 2.43. The quantitative estimate of drug-likeness (QED) is 0.630. The first kappa shape index (κ1) is 10.3. The fraction of sp³-hybridized carbons (Fsp3) is 0. The van der Waals surface area contributed by atoms with Crippen LogP contribution in [0.2, 0.25) is 0 Å². The highest BCUT2D eigenvalue weighted by atomic mass is 127. The summed E-state index contributed by atoms with van der Waals surface area (Å²) < 4.78 is 15.2. The van der Waals surface area contributed by atoms with Crippen LogP contribution in [0.3, 0.4) is 0 Å². The van der Waals surface area contributed by atoms with Crippen LogP contribution in [0, 0.1) is 9.39 Å². The van der Waals surface area contributed by atoms with Gasteiger partial charge >= 0.3 is 0 Å². The molecule has 15 heavy (non-hydrogen) atoms. The van der Waals surface area contributed by atoms with E-state index in [4.69, 9.17) is 0 Å². The Kier molecular flexibility index (Phi) is 2.81.